The molecule has 1 aliphatic heterocycles. The van der Waals surface area contributed by atoms with Crippen molar-refractivity contribution < 1.29 is 26.2 Å². The normalized spacial score (nSPS) is 12.1. The summed E-state index contributed by atoms with van der Waals surface area (Å²) in [5.41, 5.74) is 5.36. The van der Waals surface area contributed by atoms with Gasteiger partial charge in [0.2, 0.25) is 5.69 Å². The zero-order chi connectivity index (χ0) is 18.8. The van der Waals surface area contributed by atoms with E-state index >= 15 is 0 Å². The minimum absolute atomic E-state index is 0. The molecule has 3 heterocycles. The number of fused-ring (bicyclic) bond motifs is 7. The van der Waals surface area contributed by atoms with Gasteiger partial charge in [-0.05, 0) is 29.8 Å². The standard InChI is InChI=1S/C24H13FN2O.ClH/c25-19-7-3-1-5-15(19)14-9-10-20-18(13-14)16-11-12-27-21-8-4-2-6-17(21)24(28)23(27)22(16)26-20;/h1-13H;1H. The number of nitrogens with zero attached hydrogens (tertiary/aromatic N) is 1. The van der Waals surface area contributed by atoms with Crippen LogP contribution >= 0.6 is 0 Å². The van der Waals surface area contributed by atoms with E-state index in [9.17, 15) is 9.18 Å². The Labute approximate surface area is 171 Å². The van der Waals surface area contributed by atoms with E-state index in [-0.39, 0.29) is 24.0 Å². The molecule has 3 nitrogen and oxygen atoms in total. The average molecular weight is 401 g/mol. The van der Waals surface area contributed by atoms with E-state index in [2.05, 4.69) is 4.98 Å². The van der Waals surface area contributed by atoms with Gasteiger partial charge in [0.1, 0.15) is 16.9 Å². The molecule has 0 bridgehead atoms. The molecule has 2 aromatic heterocycles. The molecule has 0 saturated heterocycles. The smallest absolute Gasteiger partial charge is 0.284 e. The van der Waals surface area contributed by atoms with Crippen molar-refractivity contribution in [3.05, 3.63) is 96.1 Å². The van der Waals surface area contributed by atoms with Gasteiger partial charge in [-0.25, -0.2) is 4.39 Å². The molecule has 0 saturated carbocycles. The Morgan fingerprint density at radius 2 is 1.59 bits per heavy atom. The van der Waals surface area contributed by atoms with Crippen LogP contribution in [-0.2, 0) is 0 Å². The van der Waals surface area contributed by atoms with Crippen LogP contribution in [0.15, 0.2) is 79.0 Å². The maximum atomic E-state index is 14.2. The van der Waals surface area contributed by atoms with Crippen molar-refractivity contribution in [2.24, 2.45) is 0 Å². The minimum atomic E-state index is -0.247. The summed E-state index contributed by atoms with van der Waals surface area (Å²) in [5, 5.41) is 1.93. The molecule has 0 spiro atoms. The zero-order valence-corrected chi connectivity index (χ0v) is 15.9. The summed E-state index contributed by atoms with van der Waals surface area (Å²) < 4.78 is 16.2. The molecule has 140 valence electrons. The summed E-state index contributed by atoms with van der Waals surface area (Å²) in [6.45, 7) is 0. The number of hydrogen-bond acceptors (Lipinski definition) is 1. The molecule has 5 aromatic rings. The second kappa shape index (κ2) is 6.26. The highest BCUT2D eigenvalue weighted by molar-refractivity contribution is 6.20. The van der Waals surface area contributed by atoms with Gasteiger partial charge >= 0.3 is 0 Å². The third-order valence-electron chi connectivity index (χ3n) is 5.51. The first-order valence-corrected chi connectivity index (χ1v) is 9.11. The minimum Gasteiger partial charge on any atom is -1.00 e. The van der Waals surface area contributed by atoms with Gasteiger partial charge in [0.15, 0.2) is 6.20 Å². The number of rotatable bonds is 1. The summed E-state index contributed by atoms with van der Waals surface area (Å²) in [4.78, 5) is 16.4. The quantitative estimate of drug-likeness (QED) is 0.421. The number of para-hydroxylation sites is 1. The number of pyridine rings is 1. The van der Waals surface area contributed by atoms with Crippen LogP contribution in [-0.4, -0.2) is 10.8 Å². The highest BCUT2D eigenvalue weighted by atomic mass is 35.5. The lowest BCUT2D eigenvalue weighted by atomic mass is 10.0. The predicted molar refractivity (Wildman–Crippen MR) is 106 cm³/mol. The zero-order valence-electron chi connectivity index (χ0n) is 15.1. The Morgan fingerprint density at radius 3 is 2.41 bits per heavy atom. The number of hydrogen-bond donors (Lipinski definition) is 1. The average Bonchev–Trinajstić information content (AvgIpc) is 3.24. The lowest BCUT2D eigenvalue weighted by Gasteiger charge is -2.03. The summed E-state index contributed by atoms with van der Waals surface area (Å²) in [6, 6.07) is 22.2. The molecule has 0 amide bonds. The number of halogens is 2. The van der Waals surface area contributed by atoms with Gasteiger partial charge < -0.3 is 17.4 Å². The number of nitrogens with one attached hydrogen (secondary N) is 1. The fraction of sp³-hybridized carbons (Fsp3) is 0. The van der Waals surface area contributed by atoms with Gasteiger partial charge in [0.25, 0.3) is 11.5 Å². The highest BCUT2D eigenvalue weighted by Gasteiger charge is 2.37. The SMILES string of the molecule is O=C1c2ccccc2-[n+]2ccc3c([nH]c4ccc(-c5ccccc5F)cc43)c21.[Cl-]. The van der Waals surface area contributed by atoms with Crippen molar-refractivity contribution in [2.75, 3.05) is 0 Å². The first-order valence-electron chi connectivity index (χ1n) is 9.11. The molecule has 0 unspecified atom stereocenters. The van der Waals surface area contributed by atoms with Crippen LogP contribution in [0.4, 0.5) is 4.39 Å². The van der Waals surface area contributed by atoms with Crippen LogP contribution in [0.2, 0.25) is 0 Å². The molecular formula is C24H14ClFN2O. The summed E-state index contributed by atoms with van der Waals surface area (Å²) >= 11 is 0. The van der Waals surface area contributed by atoms with Gasteiger partial charge in [-0.3, -0.25) is 4.79 Å². The summed E-state index contributed by atoms with van der Waals surface area (Å²) in [7, 11) is 0. The van der Waals surface area contributed by atoms with E-state index in [1.165, 1.54) is 6.07 Å². The molecule has 1 N–H and O–H groups in total. The largest absolute Gasteiger partial charge is 1.00 e. The van der Waals surface area contributed by atoms with Crippen LogP contribution in [0.25, 0.3) is 38.6 Å². The highest BCUT2D eigenvalue weighted by Crippen LogP contribution is 2.34. The number of aromatic nitrogens is 2. The third kappa shape index (κ3) is 2.36. The molecule has 0 atom stereocenters. The number of ketones is 1. The molecule has 5 heteroatoms. The Balaban J connectivity index is 0.00000181. The Hall–Kier alpha value is -3.50. The number of H-pyrrole nitrogens is 1. The monoisotopic (exact) mass is 400 g/mol. The molecule has 0 fully saturated rings. The lowest BCUT2D eigenvalue weighted by Crippen LogP contribution is -3.00. The van der Waals surface area contributed by atoms with Crippen LogP contribution in [0.5, 0.6) is 0 Å². The first kappa shape index (κ1) is 17.6. The van der Waals surface area contributed by atoms with Crippen LogP contribution in [0.3, 0.4) is 0 Å². The molecule has 3 aromatic carbocycles. The van der Waals surface area contributed by atoms with E-state index < -0.39 is 0 Å². The number of carbonyl (C=O) groups excluding carboxylic acids is 1. The molecule has 0 radical (unpaired) electrons. The van der Waals surface area contributed by atoms with E-state index in [0.29, 0.717) is 16.8 Å². The van der Waals surface area contributed by atoms with Crippen molar-refractivity contribution in [1.29, 1.82) is 0 Å². The molecule has 0 aliphatic carbocycles. The lowest BCUT2D eigenvalue weighted by molar-refractivity contribution is -0.592. The van der Waals surface area contributed by atoms with Gasteiger partial charge in [0, 0.05) is 34.0 Å². The maximum Gasteiger partial charge on any atom is 0.284 e. The molecule has 29 heavy (non-hydrogen) atoms. The van der Waals surface area contributed by atoms with Crippen molar-refractivity contribution in [2.45, 2.75) is 0 Å². The molecular weight excluding hydrogens is 387 g/mol. The number of aromatic amines is 1. The van der Waals surface area contributed by atoms with E-state index in [4.69, 9.17) is 0 Å². The van der Waals surface area contributed by atoms with Crippen LogP contribution < -0.4 is 17.0 Å². The Bertz CT molecular complexity index is 1450. The molecule has 6 rings (SSSR count). The van der Waals surface area contributed by atoms with Gasteiger partial charge in [-0.15, -0.1) is 0 Å². The van der Waals surface area contributed by atoms with E-state index in [1.807, 2.05) is 65.4 Å². The van der Waals surface area contributed by atoms with Crippen molar-refractivity contribution in [3.8, 4) is 16.8 Å². The van der Waals surface area contributed by atoms with Crippen molar-refractivity contribution in [3.63, 3.8) is 0 Å². The van der Waals surface area contributed by atoms with Crippen molar-refractivity contribution in [1.82, 2.24) is 4.98 Å². The topological polar surface area (TPSA) is 36.7 Å². The summed E-state index contributed by atoms with van der Waals surface area (Å²) in [5.74, 6) is -0.231. The van der Waals surface area contributed by atoms with Gasteiger partial charge in [-0.1, -0.05) is 36.4 Å². The fourth-order valence-electron chi connectivity index (χ4n) is 4.21. The van der Waals surface area contributed by atoms with Gasteiger partial charge in [0.05, 0.1) is 0 Å². The van der Waals surface area contributed by atoms with E-state index in [0.717, 1.165) is 33.1 Å². The first-order chi connectivity index (χ1) is 13.7. The fourth-order valence-corrected chi connectivity index (χ4v) is 4.21. The van der Waals surface area contributed by atoms with Crippen LogP contribution in [0.1, 0.15) is 16.1 Å². The maximum absolute atomic E-state index is 14.2. The van der Waals surface area contributed by atoms with Crippen LogP contribution in [0, 0.1) is 5.82 Å². The molecule has 1 aliphatic rings. The van der Waals surface area contributed by atoms with Gasteiger partial charge in [-0.2, -0.15) is 4.57 Å². The Morgan fingerprint density at radius 1 is 0.828 bits per heavy atom. The predicted octanol–water partition coefficient (Wildman–Crippen LogP) is 1.95. The second-order valence-electron chi connectivity index (χ2n) is 7.03. The Kier molecular flexibility index (Phi) is 3.80. The van der Waals surface area contributed by atoms with E-state index in [1.54, 1.807) is 12.1 Å². The summed E-state index contributed by atoms with van der Waals surface area (Å²) in [6.07, 6.45) is 1.93. The number of carbonyl (C=O) groups is 1. The third-order valence-corrected chi connectivity index (χ3v) is 5.51. The van der Waals surface area contributed by atoms with Crippen molar-refractivity contribution >= 4 is 27.6 Å². The second-order valence-corrected chi connectivity index (χ2v) is 7.03. The number of benzene rings is 3.